The van der Waals surface area contributed by atoms with Gasteiger partial charge in [0.2, 0.25) is 5.91 Å². The Morgan fingerprint density at radius 1 is 1.24 bits per heavy atom. The summed E-state index contributed by atoms with van der Waals surface area (Å²) < 4.78 is 0. The van der Waals surface area contributed by atoms with Crippen LogP contribution in [0.15, 0.2) is 43.0 Å². The average molecular weight is 340 g/mol. The van der Waals surface area contributed by atoms with E-state index in [1.54, 1.807) is 12.1 Å². The monoisotopic (exact) mass is 340 g/mol. The van der Waals surface area contributed by atoms with Gasteiger partial charge >= 0.3 is 0 Å². The summed E-state index contributed by atoms with van der Waals surface area (Å²) in [6.45, 7) is 9.77. The molecule has 0 spiro atoms. The van der Waals surface area contributed by atoms with Crippen LogP contribution >= 0.6 is 0 Å². The largest absolute Gasteiger partial charge is 0.349 e. The highest BCUT2D eigenvalue weighted by Gasteiger charge is 2.67. The molecule has 25 heavy (non-hydrogen) atoms. The minimum atomic E-state index is -0.834. The third-order valence-corrected chi connectivity index (χ3v) is 5.41. The first kappa shape index (κ1) is 17.7. The molecule has 4 heteroatoms. The molecule has 0 bridgehead atoms. The Kier molecular flexibility index (Phi) is 4.48. The molecule has 2 amide bonds. The minimum Gasteiger partial charge on any atom is -0.349 e. The molecule has 0 radical (unpaired) electrons. The first-order chi connectivity index (χ1) is 11.8. The Morgan fingerprint density at radius 3 is 2.52 bits per heavy atom. The molecular formula is C21H28N2O2. The molecule has 2 saturated carbocycles. The highest BCUT2D eigenvalue weighted by atomic mass is 16.2. The Labute approximate surface area is 150 Å². The van der Waals surface area contributed by atoms with E-state index in [0.29, 0.717) is 11.5 Å². The van der Waals surface area contributed by atoms with E-state index in [2.05, 4.69) is 17.2 Å². The van der Waals surface area contributed by atoms with Crippen molar-refractivity contribution < 1.29 is 9.59 Å². The number of benzene rings is 1. The Balaban J connectivity index is 1.93. The van der Waals surface area contributed by atoms with Gasteiger partial charge in [0, 0.05) is 11.1 Å². The molecule has 0 saturated heterocycles. The van der Waals surface area contributed by atoms with E-state index in [9.17, 15) is 9.59 Å². The minimum absolute atomic E-state index is 0.0545. The number of rotatable bonds is 5. The summed E-state index contributed by atoms with van der Waals surface area (Å²) >= 11 is 0. The molecular weight excluding hydrogens is 312 g/mol. The van der Waals surface area contributed by atoms with Gasteiger partial charge in [-0.2, -0.15) is 0 Å². The van der Waals surface area contributed by atoms with Gasteiger partial charge in [0.05, 0.1) is 0 Å². The fourth-order valence-electron chi connectivity index (χ4n) is 4.30. The van der Waals surface area contributed by atoms with Crippen LogP contribution in [0, 0.1) is 17.8 Å². The molecule has 0 aliphatic heterocycles. The summed E-state index contributed by atoms with van der Waals surface area (Å²) in [6.07, 6.45) is 4.59. The lowest BCUT2D eigenvalue weighted by Gasteiger charge is -2.39. The van der Waals surface area contributed by atoms with Crippen molar-refractivity contribution in [2.45, 2.75) is 51.1 Å². The maximum Gasteiger partial charge on any atom is 0.252 e. The molecule has 4 atom stereocenters. The van der Waals surface area contributed by atoms with Crippen molar-refractivity contribution in [3.63, 3.8) is 0 Å². The average Bonchev–Trinajstić information content (AvgIpc) is 3.25. The summed E-state index contributed by atoms with van der Waals surface area (Å²) in [5.41, 5.74) is -0.585. The second-order valence-corrected chi connectivity index (χ2v) is 8.45. The first-order valence-corrected chi connectivity index (χ1v) is 9.09. The van der Waals surface area contributed by atoms with Crippen LogP contribution in [-0.4, -0.2) is 22.9 Å². The fourth-order valence-corrected chi connectivity index (χ4v) is 4.30. The molecule has 2 N–H and O–H groups in total. The van der Waals surface area contributed by atoms with E-state index in [4.69, 9.17) is 0 Å². The van der Waals surface area contributed by atoms with Crippen molar-refractivity contribution in [3.05, 3.63) is 48.6 Å². The molecule has 3 rings (SSSR count). The van der Waals surface area contributed by atoms with Crippen LogP contribution in [0.2, 0.25) is 0 Å². The van der Waals surface area contributed by atoms with Crippen LogP contribution in [0.1, 0.15) is 50.4 Å². The second-order valence-electron chi connectivity index (χ2n) is 8.45. The standard InChI is InChI=1S/C21H28N2O2/c1-5-9-16-12-15-13-17(15)21(16,19(25)23-20(2,3)4)22-18(24)14-10-7-6-8-11-14/h5-8,10-11,15-17H,1,9,12-13H2,2-4H3,(H,22,24)(H,23,25)/t15-,16+,17+,21+/m0/s1. The topological polar surface area (TPSA) is 58.2 Å². The lowest BCUT2D eigenvalue weighted by Crippen LogP contribution is -2.65. The smallest absolute Gasteiger partial charge is 0.252 e. The zero-order chi connectivity index (χ0) is 18.2. The van der Waals surface area contributed by atoms with Crippen LogP contribution in [0.4, 0.5) is 0 Å². The highest BCUT2D eigenvalue weighted by molar-refractivity contribution is 6.00. The molecule has 1 aromatic carbocycles. The van der Waals surface area contributed by atoms with Gasteiger partial charge in [0.15, 0.2) is 0 Å². The van der Waals surface area contributed by atoms with Gasteiger partial charge in [-0.3, -0.25) is 9.59 Å². The number of carbonyl (C=O) groups is 2. The lowest BCUT2D eigenvalue weighted by atomic mass is 9.78. The molecule has 1 aromatic rings. The van der Waals surface area contributed by atoms with E-state index in [0.717, 1.165) is 19.3 Å². The predicted octanol–water partition coefficient (Wildman–Crippen LogP) is 3.30. The van der Waals surface area contributed by atoms with E-state index < -0.39 is 5.54 Å². The second kappa shape index (κ2) is 6.32. The van der Waals surface area contributed by atoms with E-state index >= 15 is 0 Å². The third-order valence-electron chi connectivity index (χ3n) is 5.41. The van der Waals surface area contributed by atoms with Crippen molar-refractivity contribution in [2.24, 2.45) is 17.8 Å². The van der Waals surface area contributed by atoms with Crippen molar-refractivity contribution >= 4 is 11.8 Å². The maximum absolute atomic E-state index is 13.3. The number of carbonyl (C=O) groups excluding carboxylic acids is 2. The number of hydrogen-bond acceptors (Lipinski definition) is 2. The van der Waals surface area contributed by atoms with Crippen LogP contribution < -0.4 is 10.6 Å². The number of allylic oxidation sites excluding steroid dienone is 1. The van der Waals surface area contributed by atoms with Gasteiger partial charge in [0.1, 0.15) is 5.54 Å². The van der Waals surface area contributed by atoms with Gasteiger partial charge in [-0.1, -0.05) is 24.3 Å². The Hall–Kier alpha value is -2.10. The Bertz CT molecular complexity index is 677. The molecule has 0 heterocycles. The van der Waals surface area contributed by atoms with Crippen molar-refractivity contribution in [1.29, 1.82) is 0 Å². The van der Waals surface area contributed by atoms with Crippen molar-refractivity contribution in [1.82, 2.24) is 10.6 Å². The highest BCUT2D eigenvalue weighted by Crippen LogP contribution is 2.61. The number of nitrogens with one attached hydrogen (secondary N) is 2. The van der Waals surface area contributed by atoms with Crippen LogP contribution in [0.5, 0.6) is 0 Å². The molecule has 2 aliphatic carbocycles. The zero-order valence-corrected chi connectivity index (χ0v) is 15.3. The summed E-state index contributed by atoms with van der Waals surface area (Å²) in [4.78, 5) is 26.2. The quantitative estimate of drug-likeness (QED) is 0.808. The number of amides is 2. The first-order valence-electron chi connectivity index (χ1n) is 9.09. The van der Waals surface area contributed by atoms with Crippen molar-refractivity contribution in [2.75, 3.05) is 0 Å². The maximum atomic E-state index is 13.3. The number of hydrogen-bond donors (Lipinski definition) is 2. The third kappa shape index (κ3) is 3.35. The Morgan fingerprint density at radius 2 is 1.92 bits per heavy atom. The fraction of sp³-hybridized carbons (Fsp3) is 0.524. The van der Waals surface area contributed by atoms with Gasteiger partial charge in [0.25, 0.3) is 5.91 Å². The molecule has 0 aromatic heterocycles. The van der Waals surface area contributed by atoms with Crippen LogP contribution in [-0.2, 0) is 4.79 Å². The van der Waals surface area contributed by atoms with E-state index in [1.165, 1.54) is 0 Å². The van der Waals surface area contributed by atoms with Crippen LogP contribution in [0.25, 0.3) is 0 Å². The van der Waals surface area contributed by atoms with Gasteiger partial charge in [-0.15, -0.1) is 6.58 Å². The zero-order valence-electron chi connectivity index (χ0n) is 15.3. The van der Waals surface area contributed by atoms with E-state index in [1.807, 2.05) is 45.0 Å². The molecule has 4 nitrogen and oxygen atoms in total. The summed E-state index contributed by atoms with van der Waals surface area (Å²) in [5.74, 6) is 0.635. The van der Waals surface area contributed by atoms with Gasteiger partial charge in [-0.05, 0) is 69.9 Å². The normalized spacial score (nSPS) is 30.3. The van der Waals surface area contributed by atoms with Crippen LogP contribution in [0.3, 0.4) is 0 Å². The predicted molar refractivity (Wildman–Crippen MR) is 99.1 cm³/mol. The van der Waals surface area contributed by atoms with Crippen molar-refractivity contribution in [3.8, 4) is 0 Å². The molecule has 2 fully saturated rings. The van der Waals surface area contributed by atoms with E-state index in [-0.39, 0.29) is 29.2 Å². The number of fused-ring (bicyclic) bond motifs is 1. The molecule has 0 unspecified atom stereocenters. The summed E-state index contributed by atoms with van der Waals surface area (Å²) in [5, 5.41) is 6.27. The summed E-state index contributed by atoms with van der Waals surface area (Å²) in [7, 11) is 0. The molecule has 2 aliphatic rings. The SMILES string of the molecule is C=CC[C@@H]1C[C@H]2C[C@H]2[C@@]1(NC(=O)c1ccccc1)C(=O)NC(C)(C)C. The molecule has 134 valence electrons. The van der Waals surface area contributed by atoms with Gasteiger partial charge in [-0.25, -0.2) is 0 Å². The summed E-state index contributed by atoms with van der Waals surface area (Å²) in [6, 6.07) is 9.13. The lowest BCUT2D eigenvalue weighted by molar-refractivity contribution is -0.131. The van der Waals surface area contributed by atoms with Gasteiger partial charge < -0.3 is 10.6 Å².